The van der Waals surface area contributed by atoms with E-state index in [4.69, 9.17) is 13.6 Å². The van der Waals surface area contributed by atoms with Crippen LogP contribution in [0.4, 0.5) is 9.18 Å². The van der Waals surface area contributed by atoms with Crippen LogP contribution in [0.5, 0.6) is 0 Å². The first-order valence-electron chi connectivity index (χ1n) is 3.52. The van der Waals surface area contributed by atoms with Crippen LogP contribution < -0.4 is 5.73 Å². The molecule has 1 aliphatic heterocycles. The van der Waals surface area contributed by atoms with E-state index < -0.39 is 23.9 Å². The van der Waals surface area contributed by atoms with Crippen molar-refractivity contribution in [2.24, 2.45) is 5.73 Å². The number of alkyl halides is 1. The number of nitrogens with zero attached hydrogens (tertiary/aromatic N) is 1. The first-order chi connectivity index (χ1) is 5.52. The van der Waals surface area contributed by atoms with Gasteiger partial charge in [0.2, 0.25) is 13.8 Å². The lowest BCUT2D eigenvalue weighted by Crippen LogP contribution is -2.43. The molecule has 1 fully saturated rings. The first kappa shape index (κ1) is 9.03. The molecule has 1 heterocycles. The second-order valence-corrected chi connectivity index (χ2v) is 2.74. The molecule has 6 heteroatoms. The van der Waals surface area contributed by atoms with E-state index in [0.717, 1.165) is 4.90 Å². The lowest BCUT2D eigenvalue weighted by molar-refractivity contribution is -0.121. The maximum absolute atomic E-state index is 12.7. The lowest BCUT2D eigenvalue weighted by atomic mass is 10.1. The SMILES string of the molecule is [B]C(=O)N1C[C@@H](F)C[C@H]1C(N)=O. The van der Waals surface area contributed by atoms with Crippen LogP contribution in [-0.2, 0) is 4.79 Å². The van der Waals surface area contributed by atoms with Gasteiger partial charge in [-0.3, -0.25) is 9.59 Å². The van der Waals surface area contributed by atoms with Crippen LogP contribution >= 0.6 is 0 Å². The minimum Gasteiger partial charge on any atom is -0.368 e. The Bertz CT molecular complexity index is 202. The van der Waals surface area contributed by atoms with E-state index in [1.54, 1.807) is 0 Å². The van der Waals surface area contributed by atoms with Crippen molar-refractivity contribution in [1.29, 1.82) is 0 Å². The molecule has 2 amide bonds. The predicted molar refractivity (Wildman–Crippen MR) is 40.4 cm³/mol. The maximum atomic E-state index is 12.7. The molecule has 2 N–H and O–H groups in total. The van der Waals surface area contributed by atoms with Gasteiger partial charge < -0.3 is 10.6 Å². The molecule has 0 saturated carbocycles. The third-order valence-corrected chi connectivity index (χ3v) is 1.86. The molecular formula is C6H8BFN2O2. The standard InChI is InChI=1S/C6H8BFN2O2/c7-6(12)10-2-3(8)1-4(10)5(9)11/h3-4H,1-2H2,(H2,9,11)/t3-,4-/m0/s1. The zero-order chi connectivity index (χ0) is 9.30. The zero-order valence-electron chi connectivity index (χ0n) is 6.37. The quantitative estimate of drug-likeness (QED) is 0.522. The van der Waals surface area contributed by atoms with Crippen molar-refractivity contribution in [2.75, 3.05) is 6.54 Å². The second kappa shape index (κ2) is 3.12. The topological polar surface area (TPSA) is 63.4 Å². The Hall–Kier alpha value is -1.07. The number of primary amides is 1. The minimum atomic E-state index is -1.20. The fraction of sp³-hybridized carbons (Fsp3) is 0.667. The summed E-state index contributed by atoms with van der Waals surface area (Å²) in [6.07, 6.45) is -1.24. The summed E-state index contributed by atoms with van der Waals surface area (Å²) >= 11 is 0. The van der Waals surface area contributed by atoms with E-state index in [2.05, 4.69) is 0 Å². The van der Waals surface area contributed by atoms with Crippen LogP contribution in [0.2, 0.25) is 0 Å². The molecule has 2 atom stereocenters. The third kappa shape index (κ3) is 1.57. The Labute approximate surface area is 70.3 Å². The van der Waals surface area contributed by atoms with Gasteiger partial charge in [-0.2, -0.15) is 0 Å². The average Bonchev–Trinajstić information content (AvgIpc) is 2.31. The van der Waals surface area contributed by atoms with Crippen molar-refractivity contribution < 1.29 is 14.0 Å². The fourth-order valence-corrected chi connectivity index (χ4v) is 1.30. The van der Waals surface area contributed by atoms with Crippen molar-refractivity contribution in [2.45, 2.75) is 18.6 Å². The van der Waals surface area contributed by atoms with Gasteiger partial charge in [0.05, 0.1) is 6.54 Å². The fourth-order valence-electron chi connectivity index (χ4n) is 1.30. The summed E-state index contributed by atoms with van der Waals surface area (Å²) < 4.78 is 12.7. The zero-order valence-corrected chi connectivity index (χ0v) is 6.37. The van der Waals surface area contributed by atoms with Gasteiger partial charge in [0.15, 0.2) is 5.81 Å². The molecule has 0 unspecified atom stereocenters. The summed E-state index contributed by atoms with van der Waals surface area (Å²) in [4.78, 5) is 22.3. The van der Waals surface area contributed by atoms with Crippen LogP contribution in [0.3, 0.4) is 0 Å². The van der Waals surface area contributed by atoms with Gasteiger partial charge in [0.1, 0.15) is 12.2 Å². The highest BCUT2D eigenvalue weighted by molar-refractivity contribution is 6.57. The van der Waals surface area contributed by atoms with Gasteiger partial charge in [-0.05, 0) is 0 Å². The molecule has 1 aliphatic rings. The third-order valence-electron chi connectivity index (χ3n) is 1.86. The molecule has 0 bridgehead atoms. The molecule has 0 aromatic carbocycles. The highest BCUT2D eigenvalue weighted by Crippen LogP contribution is 2.19. The van der Waals surface area contributed by atoms with E-state index in [-0.39, 0.29) is 13.0 Å². The summed E-state index contributed by atoms with van der Waals surface area (Å²) in [5.74, 6) is -1.52. The number of hydrogen-bond acceptors (Lipinski definition) is 2. The van der Waals surface area contributed by atoms with E-state index >= 15 is 0 Å². The normalized spacial score (nSPS) is 28.9. The molecule has 4 nitrogen and oxygen atoms in total. The van der Waals surface area contributed by atoms with Crippen LogP contribution in [0.15, 0.2) is 0 Å². The Morgan fingerprint density at radius 3 is 2.50 bits per heavy atom. The van der Waals surface area contributed by atoms with E-state index in [1.165, 1.54) is 0 Å². The van der Waals surface area contributed by atoms with Crippen LogP contribution in [0.1, 0.15) is 6.42 Å². The minimum absolute atomic E-state index is 0.0434. The van der Waals surface area contributed by atoms with Crippen molar-refractivity contribution >= 4 is 19.6 Å². The molecule has 1 saturated heterocycles. The highest BCUT2D eigenvalue weighted by Gasteiger charge is 2.36. The first-order valence-corrected chi connectivity index (χ1v) is 3.52. The van der Waals surface area contributed by atoms with Crippen molar-refractivity contribution in [1.82, 2.24) is 4.90 Å². The molecule has 12 heavy (non-hydrogen) atoms. The number of amides is 2. The van der Waals surface area contributed by atoms with Gasteiger partial charge in [0.25, 0.3) is 0 Å². The van der Waals surface area contributed by atoms with Crippen LogP contribution in [0.25, 0.3) is 0 Å². The number of hydrogen-bond donors (Lipinski definition) is 1. The molecule has 0 aliphatic carbocycles. The second-order valence-electron chi connectivity index (χ2n) is 2.74. The summed E-state index contributed by atoms with van der Waals surface area (Å²) in [5, 5.41) is 0. The number of carbonyl (C=O) groups excluding carboxylic acids is 2. The predicted octanol–water partition coefficient (Wildman–Crippen LogP) is -0.827. The Morgan fingerprint density at radius 2 is 2.17 bits per heavy atom. The number of halogens is 1. The lowest BCUT2D eigenvalue weighted by Gasteiger charge is -2.19. The van der Waals surface area contributed by atoms with Crippen molar-refractivity contribution in [3.63, 3.8) is 0 Å². The largest absolute Gasteiger partial charge is 0.368 e. The molecular weight excluding hydrogens is 162 g/mol. The Morgan fingerprint density at radius 1 is 1.58 bits per heavy atom. The number of nitrogens with two attached hydrogens (primary N) is 1. The van der Waals surface area contributed by atoms with E-state index in [9.17, 15) is 14.0 Å². The van der Waals surface area contributed by atoms with Crippen molar-refractivity contribution in [3.8, 4) is 0 Å². The molecule has 64 valence electrons. The number of carbonyl (C=O) groups is 2. The van der Waals surface area contributed by atoms with Gasteiger partial charge in [-0.1, -0.05) is 0 Å². The van der Waals surface area contributed by atoms with Crippen LogP contribution in [-0.4, -0.2) is 43.2 Å². The van der Waals surface area contributed by atoms with Gasteiger partial charge >= 0.3 is 0 Å². The van der Waals surface area contributed by atoms with Gasteiger partial charge in [0, 0.05) is 6.42 Å². The summed E-state index contributed by atoms with van der Waals surface area (Å²) in [5.41, 5.74) is 4.93. The summed E-state index contributed by atoms with van der Waals surface area (Å²) in [6, 6.07) is -0.877. The summed E-state index contributed by atoms with van der Waals surface area (Å²) in [6.45, 7) is -0.136. The summed E-state index contributed by atoms with van der Waals surface area (Å²) in [7, 11) is 4.90. The van der Waals surface area contributed by atoms with Gasteiger partial charge in [-0.25, -0.2) is 4.39 Å². The molecule has 0 aromatic rings. The van der Waals surface area contributed by atoms with Crippen LogP contribution in [0, 0.1) is 0 Å². The Kier molecular flexibility index (Phi) is 2.35. The molecule has 2 radical (unpaired) electrons. The average molecular weight is 170 g/mol. The van der Waals surface area contributed by atoms with E-state index in [0.29, 0.717) is 0 Å². The molecule has 1 rings (SSSR count). The molecule has 0 spiro atoms. The van der Waals surface area contributed by atoms with Gasteiger partial charge in [-0.15, -0.1) is 0 Å². The van der Waals surface area contributed by atoms with Crippen molar-refractivity contribution in [3.05, 3.63) is 0 Å². The maximum Gasteiger partial charge on any atom is 0.240 e. The smallest absolute Gasteiger partial charge is 0.240 e. The molecule has 0 aromatic heterocycles. The highest BCUT2D eigenvalue weighted by atomic mass is 19.1. The monoisotopic (exact) mass is 170 g/mol. The van der Waals surface area contributed by atoms with E-state index in [1.807, 2.05) is 0 Å². The number of likely N-dealkylation sites (tertiary alicyclic amines) is 1. The Balaban J connectivity index is 2.72. The number of rotatable bonds is 1.